The highest BCUT2D eigenvalue weighted by Gasteiger charge is 1.91. The van der Waals surface area contributed by atoms with E-state index in [0.29, 0.717) is 0 Å². The minimum Gasteiger partial charge on any atom is -0.497 e. The third-order valence-electron chi connectivity index (χ3n) is 3.67. The van der Waals surface area contributed by atoms with E-state index in [9.17, 15) is 0 Å². The Morgan fingerprint density at radius 2 is 1.23 bits per heavy atom. The molecule has 1 aromatic carbocycles. The SMILES string of the molecule is CCCCCCCCCCCCN.COc1ccc(N)cc1. The van der Waals surface area contributed by atoms with Crippen LogP contribution in [0, 0.1) is 0 Å². The van der Waals surface area contributed by atoms with E-state index in [1.165, 1.54) is 64.2 Å². The molecular formula is C19H36N2O. The summed E-state index contributed by atoms with van der Waals surface area (Å²) in [5.41, 5.74) is 11.6. The number of ether oxygens (including phenoxy) is 1. The average molecular weight is 309 g/mol. The standard InChI is InChI=1S/C12H27N.C7H9NO/c1-2-3-4-5-6-7-8-9-10-11-12-13;1-9-7-4-2-6(8)3-5-7/h2-13H2,1H3;2-5H,8H2,1H3. The molecule has 0 radical (unpaired) electrons. The van der Waals surface area contributed by atoms with E-state index in [-0.39, 0.29) is 0 Å². The smallest absolute Gasteiger partial charge is 0.119 e. The predicted molar refractivity (Wildman–Crippen MR) is 98.3 cm³/mol. The lowest BCUT2D eigenvalue weighted by atomic mass is 10.1. The van der Waals surface area contributed by atoms with Crippen LogP contribution in [0.3, 0.4) is 0 Å². The summed E-state index contributed by atoms with van der Waals surface area (Å²) in [7, 11) is 1.63. The van der Waals surface area contributed by atoms with Crippen LogP contribution in [-0.2, 0) is 0 Å². The second-order valence-electron chi connectivity index (χ2n) is 5.74. The fourth-order valence-corrected chi connectivity index (χ4v) is 2.24. The second kappa shape index (κ2) is 16.2. The van der Waals surface area contributed by atoms with Crippen molar-refractivity contribution < 1.29 is 4.74 Å². The van der Waals surface area contributed by atoms with Crippen LogP contribution in [0.1, 0.15) is 71.1 Å². The monoisotopic (exact) mass is 308 g/mol. The highest BCUT2D eigenvalue weighted by Crippen LogP contribution is 2.11. The summed E-state index contributed by atoms with van der Waals surface area (Å²) in [5, 5.41) is 0. The average Bonchev–Trinajstić information content (AvgIpc) is 2.55. The van der Waals surface area contributed by atoms with Gasteiger partial charge in [-0.3, -0.25) is 0 Å². The molecule has 3 heteroatoms. The Labute approximate surface area is 137 Å². The van der Waals surface area contributed by atoms with E-state index >= 15 is 0 Å². The third kappa shape index (κ3) is 13.7. The number of hydrogen-bond donors (Lipinski definition) is 2. The fraction of sp³-hybridized carbons (Fsp3) is 0.684. The molecule has 1 rings (SSSR count). The van der Waals surface area contributed by atoms with Crippen molar-refractivity contribution in [1.29, 1.82) is 0 Å². The summed E-state index contributed by atoms with van der Waals surface area (Å²) >= 11 is 0. The molecule has 128 valence electrons. The summed E-state index contributed by atoms with van der Waals surface area (Å²) in [5.74, 6) is 0.837. The minimum absolute atomic E-state index is 0.760. The Morgan fingerprint density at radius 3 is 1.64 bits per heavy atom. The van der Waals surface area contributed by atoms with Crippen molar-refractivity contribution in [2.75, 3.05) is 19.4 Å². The first-order chi connectivity index (χ1) is 10.7. The first kappa shape index (κ1) is 20.8. The van der Waals surface area contributed by atoms with Gasteiger partial charge in [-0.05, 0) is 37.2 Å². The van der Waals surface area contributed by atoms with Crippen LogP contribution in [0.5, 0.6) is 5.75 Å². The van der Waals surface area contributed by atoms with Gasteiger partial charge in [-0.15, -0.1) is 0 Å². The summed E-state index contributed by atoms with van der Waals surface area (Å²) in [6, 6.07) is 7.27. The molecule has 0 atom stereocenters. The zero-order chi connectivity index (χ0) is 16.5. The van der Waals surface area contributed by atoms with Gasteiger partial charge in [0.1, 0.15) is 5.75 Å². The lowest BCUT2D eigenvalue weighted by Crippen LogP contribution is -1.97. The van der Waals surface area contributed by atoms with Crippen molar-refractivity contribution in [3.63, 3.8) is 0 Å². The maximum absolute atomic E-state index is 5.43. The Bertz CT molecular complexity index is 315. The Balaban J connectivity index is 0.000000425. The molecule has 0 aliphatic carbocycles. The first-order valence-electron chi connectivity index (χ1n) is 8.84. The molecule has 0 bridgehead atoms. The topological polar surface area (TPSA) is 61.3 Å². The number of benzene rings is 1. The van der Waals surface area contributed by atoms with Crippen molar-refractivity contribution >= 4 is 5.69 Å². The molecule has 4 N–H and O–H groups in total. The number of hydrogen-bond acceptors (Lipinski definition) is 3. The van der Waals surface area contributed by atoms with E-state index in [2.05, 4.69) is 6.92 Å². The molecule has 0 saturated heterocycles. The highest BCUT2D eigenvalue weighted by atomic mass is 16.5. The maximum atomic E-state index is 5.43. The molecule has 1 aromatic rings. The Kier molecular flexibility index (Phi) is 15.3. The van der Waals surface area contributed by atoms with Gasteiger partial charge in [0.05, 0.1) is 7.11 Å². The molecule has 22 heavy (non-hydrogen) atoms. The van der Waals surface area contributed by atoms with E-state index in [4.69, 9.17) is 16.2 Å². The molecule has 0 heterocycles. The van der Waals surface area contributed by atoms with Gasteiger partial charge in [-0.25, -0.2) is 0 Å². The van der Waals surface area contributed by atoms with Crippen LogP contribution in [-0.4, -0.2) is 13.7 Å². The number of rotatable bonds is 11. The van der Waals surface area contributed by atoms with Crippen LogP contribution in [0.25, 0.3) is 0 Å². The zero-order valence-electron chi connectivity index (χ0n) is 14.7. The number of nitrogen functional groups attached to an aromatic ring is 1. The van der Waals surface area contributed by atoms with Crippen molar-refractivity contribution in [3.05, 3.63) is 24.3 Å². The van der Waals surface area contributed by atoms with E-state index < -0.39 is 0 Å². The number of methoxy groups -OCH3 is 1. The van der Waals surface area contributed by atoms with Crippen LogP contribution in [0.4, 0.5) is 5.69 Å². The summed E-state index contributed by atoms with van der Waals surface area (Å²) < 4.78 is 4.91. The number of unbranched alkanes of at least 4 members (excludes halogenated alkanes) is 9. The van der Waals surface area contributed by atoms with Gasteiger partial charge in [0.2, 0.25) is 0 Å². The van der Waals surface area contributed by atoms with Gasteiger partial charge in [0.15, 0.2) is 0 Å². The largest absolute Gasteiger partial charge is 0.497 e. The maximum Gasteiger partial charge on any atom is 0.119 e. The second-order valence-corrected chi connectivity index (χ2v) is 5.74. The normalized spacial score (nSPS) is 9.95. The van der Waals surface area contributed by atoms with Gasteiger partial charge in [-0.1, -0.05) is 64.7 Å². The van der Waals surface area contributed by atoms with Crippen molar-refractivity contribution in [1.82, 2.24) is 0 Å². The molecule has 0 aliphatic heterocycles. The molecule has 3 nitrogen and oxygen atoms in total. The molecule has 0 amide bonds. The van der Waals surface area contributed by atoms with E-state index in [1.54, 1.807) is 19.2 Å². The minimum atomic E-state index is 0.760. The zero-order valence-corrected chi connectivity index (χ0v) is 14.7. The van der Waals surface area contributed by atoms with Gasteiger partial charge >= 0.3 is 0 Å². The van der Waals surface area contributed by atoms with E-state index in [1.807, 2.05) is 12.1 Å². The lowest BCUT2D eigenvalue weighted by Gasteiger charge is -2.00. The number of nitrogens with two attached hydrogens (primary N) is 2. The summed E-state index contributed by atoms with van der Waals surface area (Å²) in [4.78, 5) is 0. The molecule has 0 spiro atoms. The molecule has 0 saturated carbocycles. The van der Waals surface area contributed by atoms with Crippen LogP contribution in [0.2, 0.25) is 0 Å². The van der Waals surface area contributed by atoms with Gasteiger partial charge in [-0.2, -0.15) is 0 Å². The Morgan fingerprint density at radius 1 is 0.773 bits per heavy atom. The molecule has 0 unspecified atom stereocenters. The summed E-state index contributed by atoms with van der Waals surface area (Å²) in [6.07, 6.45) is 13.9. The molecule has 0 aromatic heterocycles. The van der Waals surface area contributed by atoms with Gasteiger partial charge < -0.3 is 16.2 Å². The van der Waals surface area contributed by atoms with Crippen molar-refractivity contribution in [2.24, 2.45) is 5.73 Å². The van der Waals surface area contributed by atoms with Crippen molar-refractivity contribution in [2.45, 2.75) is 71.1 Å². The molecule has 0 aliphatic rings. The summed E-state index contributed by atoms with van der Waals surface area (Å²) in [6.45, 7) is 3.14. The molecule has 0 fully saturated rings. The quantitative estimate of drug-likeness (QED) is 0.439. The lowest BCUT2D eigenvalue weighted by molar-refractivity contribution is 0.415. The van der Waals surface area contributed by atoms with Crippen LogP contribution >= 0.6 is 0 Å². The highest BCUT2D eigenvalue weighted by molar-refractivity contribution is 5.41. The van der Waals surface area contributed by atoms with Gasteiger partial charge in [0, 0.05) is 5.69 Å². The fourth-order valence-electron chi connectivity index (χ4n) is 2.24. The van der Waals surface area contributed by atoms with Crippen LogP contribution < -0.4 is 16.2 Å². The first-order valence-corrected chi connectivity index (χ1v) is 8.84. The number of anilines is 1. The molecular weight excluding hydrogens is 272 g/mol. The van der Waals surface area contributed by atoms with Crippen LogP contribution in [0.15, 0.2) is 24.3 Å². The third-order valence-corrected chi connectivity index (χ3v) is 3.67. The van der Waals surface area contributed by atoms with Crippen molar-refractivity contribution in [3.8, 4) is 5.75 Å². The van der Waals surface area contributed by atoms with E-state index in [0.717, 1.165) is 18.0 Å². The predicted octanol–water partition coefficient (Wildman–Crippen LogP) is 5.14. The Hall–Kier alpha value is -1.22. The van der Waals surface area contributed by atoms with Gasteiger partial charge in [0.25, 0.3) is 0 Å².